The van der Waals surface area contributed by atoms with Crippen molar-refractivity contribution in [2.75, 3.05) is 18.5 Å². The van der Waals surface area contributed by atoms with Crippen molar-refractivity contribution in [1.82, 2.24) is 9.97 Å². The highest BCUT2D eigenvalue weighted by atomic mass is 16.5. The third kappa shape index (κ3) is 3.72. The quantitative estimate of drug-likeness (QED) is 0.872. The number of hydrogen-bond acceptors (Lipinski definition) is 4. The first-order valence-electron chi connectivity index (χ1n) is 7.48. The molecule has 1 N–H and O–H groups in total. The van der Waals surface area contributed by atoms with Gasteiger partial charge in [-0.05, 0) is 51.5 Å². The molecule has 2 aromatic rings. The average Bonchev–Trinajstić information content (AvgIpc) is 2.50. The van der Waals surface area contributed by atoms with Gasteiger partial charge in [0.05, 0.1) is 6.61 Å². The largest absolute Gasteiger partial charge is 0.494 e. The van der Waals surface area contributed by atoms with Gasteiger partial charge >= 0.3 is 0 Å². The van der Waals surface area contributed by atoms with Crippen molar-refractivity contribution in [1.29, 1.82) is 0 Å². The van der Waals surface area contributed by atoms with Crippen molar-refractivity contribution in [3.63, 3.8) is 0 Å². The van der Waals surface area contributed by atoms with Crippen molar-refractivity contribution in [2.24, 2.45) is 0 Å². The first-order chi connectivity index (χ1) is 10.2. The molecule has 0 spiro atoms. The Morgan fingerprint density at radius 1 is 1.05 bits per heavy atom. The summed E-state index contributed by atoms with van der Waals surface area (Å²) in [6, 6.07) is 7.95. The summed E-state index contributed by atoms with van der Waals surface area (Å²) >= 11 is 0. The average molecular weight is 285 g/mol. The molecule has 1 aromatic heterocycles. The molecule has 0 saturated heterocycles. The molecule has 0 atom stereocenters. The van der Waals surface area contributed by atoms with E-state index in [4.69, 9.17) is 4.74 Å². The maximum absolute atomic E-state index is 5.60. The third-order valence-electron chi connectivity index (χ3n) is 3.32. The SMILES string of the molecule is CCCOc1ccc(-c2nc(C)c(C)c(NCC)n2)cc1. The lowest BCUT2D eigenvalue weighted by Crippen LogP contribution is -2.06. The van der Waals surface area contributed by atoms with Gasteiger partial charge in [-0.25, -0.2) is 9.97 Å². The number of aromatic nitrogens is 2. The van der Waals surface area contributed by atoms with E-state index in [0.717, 1.165) is 53.8 Å². The lowest BCUT2D eigenvalue weighted by Gasteiger charge is -2.11. The second-order valence-corrected chi connectivity index (χ2v) is 5.01. The Morgan fingerprint density at radius 3 is 2.38 bits per heavy atom. The van der Waals surface area contributed by atoms with Crippen LogP contribution in [0.2, 0.25) is 0 Å². The second kappa shape index (κ2) is 7.07. The summed E-state index contributed by atoms with van der Waals surface area (Å²) in [5, 5.41) is 3.29. The molecular formula is C17H23N3O. The topological polar surface area (TPSA) is 47.0 Å². The summed E-state index contributed by atoms with van der Waals surface area (Å²) in [5.41, 5.74) is 3.10. The van der Waals surface area contributed by atoms with Crippen LogP contribution in [0.25, 0.3) is 11.4 Å². The van der Waals surface area contributed by atoms with E-state index in [1.54, 1.807) is 0 Å². The van der Waals surface area contributed by atoms with E-state index < -0.39 is 0 Å². The predicted molar refractivity (Wildman–Crippen MR) is 86.9 cm³/mol. The second-order valence-electron chi connectivity index (χ2n) is 5.01. The predicted octanol–water partition coefficient (Wildman–Crippen LogP) is 3.98. The van der Waals surface area contributed by atoms with Gasteiger partial charge in [-0.1, -0.05) is 6.92 Å². The molecule has 0 radical (unpaired) electrons. The molecule has 21 heavy (non-hydrogen) atoms. The Bertz CT molecular complexity index is 594. The zero-order valence-electron chi connectivity index (χ0n) is 13.2. The monoisotopic (exact) mass is 285 g/mol. The van der Waals surface area contributed by atoms with Gasteiger partial charge in [0.15, 0.2) is 5.82 Å². The van der Waals surface area contributed by atoms with Crippen LogP contribution >= 0.6 is 0 Å². The maximum Gasteiger partial charge on any atom is 0.161 e. The van der Waals surface area contributed by atoms with Gasteiger partial charge in [-0.15, -0.1) is 0 Å². The Balaban J connectivity index is 2.28. The highest BCUT2D eigenvalue weighted by Crippen LogP contribution is 2.23. The molecule has 0 bridgehead atoms. The summed E-state index contributed by atoms with van der Waals surface area (Å²) in [7, 11) is 0. The Labute approximate surface area is 126 Å². The number of rotatable bonds is 6. The molecule has 0 aliphatic heterocycles. The molecule has 0 fully saturated rings. The van der Waals surface area contributed by atoms with E-state index >= 15 is 0 Å². The van der Waals surface area contributed by atoms with E-state index in [1.807, 2.05) is 38.1 Å². The van der Waals surface area contributed by atoms with Crippen LogP contribution in [0.15, 0.2) is 24.3 Å². The minimum Gasteiger partial charge on any atom is -0.494 e. The number of nitrogens with zero attached hydrogens (tertiary/aromatic N) is 2. The van der Waals surface area contributed by atoms with Gasteiger partial charge in [0, 0.05) is 23.4 Å². The van der Waals surface area contributed by atoms with Crippen LogP contribution in [0.1, 0.15) is 31.5 Å². The van der Waals surface area contributed by atoms with Crippen LogP contribution in [0.5, 0.6) is 5.75 Å². The Morgan fingerprint density at radius 2 is 1.76 bits per heavy atom. The van der Waals surface area contributed by atoms with Crippen molar-refractivity contribution in [3.8, 4) is 17.1 Å². The van der Waals surface area contributed by atoms with Crippen LogP contribution in [0, 0.1) is 13.8 Å². The molecule has 4 heteroatoms. The fourth-order valence-electron chi connectivity index (χ4n) is 2.02. The third-order valence-corrected chi connectivity index (χ3v) is 3.32. The molecule has 4 nitrogen and oxygen atoms in total. The summed E-state index contributed by atoms with van der Waals surface area (Å²) in [6.07, 6.45) is 1.01. The van der Waals surface area contributed by atoms with Gasteiger partial charge in [0.25, 0.3) is 0 Å². The number of aryl methyl sites for hydroxylation is 1. The fourth-order valence-corrected chi connectivity index (χ4v) is 2.02. The first-order valence-corrected chi connectivity index (χ1v) is 7.48. The maximum atomic E-state index is 5.60. The standard InChI is InChI=1S/C17H23N3O/c1-5-11-21-15-9-7-14(8-10-15)17-19-13(4)12(3)16(20-17)18-6-2/h7-10H,5-6,11H2,1-4H3,(H,18,19,20). The molecule has 0 saturated carbocycles. The molecule has 0 amide bonds. The smallest absolute Gasteiger partial charge is 0.161 e. The fraction of sp³-hybridized carbons (Fsp3) is 0.412. The van der Waals surface area contributed by atoms with Crippen molar-refractivity contribution >= 4 is 5.82 Å². The molecule has 2 rings (SSSR count). The van der Waals surface area contributed by atoms with E-state index in [1.165, 1.54) is 0 Å². The van der Waals surface area contributed by atoms with Crippen LogP contribution in [0.4, 0.5) is 5.82 Å². The van der Waals surface area contributed by atoms with Gasteiger partial charge < -0.3 is 10.1 Å². The molecule has 0 aliphatic rings. The van der Waals surface area contributed by atoms with Gasteiger partial charge in [0.2, 0.25) is 0 Å². The summed E-state index contributed by atoms with van der Waals surface area (Å²) < 4.78 is 5.60. The van der Waals surface area contributed by atoms with Crippen LogP contribution < -0.4 is 10.1 Å². The number of anilines is 1. The summed E-state index contributed by atoms with van der Waals surface area (Å²) in [4.78, 5) is 9.21. The Kier molecular flexibility index (Phi) is 5.14. The lowest BCUT2D eigenvalue weighted by molar-refractivity contribution is 0.317. The summed E-state index contributed by atoms with van der Waals surface area (Å²) in [6.45, 7) is 9.80. The molecular weight excluding hydrogens is 262 g/mol. The van der Waals surface area contributed by atoms with E-state index in [2.05, 4.69) is 29.1 Å². The molecule has 1 heterocycles. The van der Waals surface area contributed by atoms with Crippen LogP contribution in [-0.2, 0) is 0 Å². The lowest BCUT2D eigenvalue weighted by atomic mass is 10.1. The van der Waals surface area contributed by atoms with Gasteiger partial charge in [-0.3, -0.25) is 0 Å². The van der Waals surface area contributed by atoms with Gasteiger partial charge in [0.1, 0.15) is 11.6 Å². The summed E-state index contributed by atoms with van der Waals surface area (Å²) in [5.74, 6) is 2.54. The zero-order valence-corrected chi connectivity index (χ0v) is 13.2. The minimum absolute atomic E-state index is 0.740. The molecule has 0 unspecified atom stereocenters. The molecule has 0 aliphatic carbocycles. The van der Waals surface area contributed by atoms with E-state index in [0.29, 0.717) is 0 Å². The molecule has 1 aromatic carbocycles. The normalized spacial score (nSPS) is 10.5. The highest BCUT2D eigenvalue weighted by Gasteiger charge is 2.09. The van der Waals surface area contributed by atoms with Gasteiger partial charge in [-0.2, -0.15) is 0 Å². The number of ether oxygens (including phenoxy) is 1. The first kappa shape index (κ1) is 15.3. The minimum atomic E-state index is 0.740. The number of hydrogen-bond donors (Lipinski definition) is 1. The molecule has 112 valence electrons. The van der Waals surface area contributed by atoms with Crippen molar-refractivity contribution < 1.29 is 4.74 Å². The van der Waals surface area contributed by atoms with Crippen molar-refractivity contribution in [3.05, 3.63) is 35.5 Å². The Hall–Kier alpha value is -2.10. The highest BCUT2D eigenvalue weighted by molar-refractivity contribution is 5.60. The zero-order chi connectivity index (χ0) is 15.2. The van der Waals surface area contributed by atoms with E-state index in [-0.39, 0.29) is 0 Å². The number of nitrogens with one attached hydrogen (secondary N) is 1. The van der Waals surface area contributed by atoms with E-state index in [9.17, 15) is 0 Å². The van der Waals surface area contributed by atoms with Crippen molar-refractivity contribution in [2.45, 2.75) is 34.1 Å². The van der Waals surface area contributed by atoms with Crippen LogP contribution in [0.3, 0.4) is 0 Å². The number of benzene rings is 1. The van der Waals surface area contributed by atoms with Crippen LogP contribution in [-0.4, -0.2) is 23.1 Å².